The average molecular weight is 840 g/mol. The standard InChI is InChI=1S/C64H57N/c1-63(2,3)49-39-42-60(56(43-49)45-23-10-6-11-24-45)65(59-36-17-15-29-53(59)54-33-19-26-47-25-18-31-51(61(47)54)44-21-8-5-9-22-44)50-40-37-46(38-41-50)52-32-20-35-58-62(52)55-30-14-16-34-57(55)64(58,4)48-27-12-7-13-28-48/h6-7,10-20,23-44H,5,8-9,21-22H2,1-4H3. The van der Waals surface area contributed by atoms with E-state index in [-0.39, 0.29) is 10.8 Å². The van der Waals surface area contributed by atoms with E-state index >= 15 is 0 Å². The quantitative estimate of drug-likeness (QED) is 0.147. The summed E-state index contributed by atoms with van der Waals surface area (Å²) in [7, 11) is 0. The fourth-order valence-corrected chi connectivity index (χ4v) is 11.4. The molecule has 0 aliphatic heterocycles. The van der Waals surface area contributed by atoms with Crippen molar-refractivity contribution in [3.63, 3.8) is 0 Å². The molecule has 0 saturated heterocycles. The Labute approximate surface area is 386 Å². The van der Waals surface area contributed by atoms with E-state index in [1.165, 1.54) is 121 Å². The van der Waals surface area contributed by atoms with Gasteiger partial charge < -0.3 is 4.90 Å². The van der Waals surface area contributed by atoms with Crippen LogP contribution in [-0.4, -0.2) is 0 Å². The molecule has 1 saturated carbocycles. The highest BCUT2D eigenvalue weighted by Crippen LogP contribution is 2.55. The minimum atomic E-state index is -0.255. The zero-order chi connectivity index (χ0) is 44.1. The van der Waals surface area contributed by atoms with E-state index in [4.69, 9.17) is 0 Å². The second kappa shape index (κ2) is 16.5. The van der Waals surface area contributed by atoms with Gasteiger partial charge in [-0.1, -0.05) is 216 Å². The van der Waals surface area contributed by atoms with Crippen LogP contribution in [-0.2, 0) is 10.8 Å². The van der Waals surface area contributed by atoms with E-state index in [0.717, 1.165) is 11.4 Å². The Kier molecular flexibility index (Phi) is 10.4. The molecule has 1 heteroatoms. The molecule has 2 aliphatic carbocycles. The fraction of sp³-hybridized carbons (Fsp3) is 0.188. The van der Waals surface area contributed by atoms with Gasteiger partial charge in [-0.2, -0.15) is 0 Å². The molecule has 0 bridgehead atoms. The van der Waals surface area contributed by atoms with E-state index in [1.807, 2.05) is 0 Å². The lowest BCUT2D eigenvalue weighted by atomic mass is 9.74. The summed E-state index contributed by atoms with van der Waals surface area (Å²) in [5.74, 6) is 0.580. The van der Waals surface area contributed by atoms with Crippen molar-refractivity contribution in [2.75, 3.05) is 4.90 Å². The van der Waals surface area contributed by atoms with E-state index in [2.05, 4.69) is 239 Å². The number of fused-ring (bicyclic) bond motifs is 4. The van der Waals surface area contributed by atoms with Crippen molar-refractivity contribution in [3.05, 3.63) is 234 Å². The van der Waals surface area contributed by atoms with Crippen LogP contribution >= 0.6 is 0 Å². The van der Waals surface area contributed by atoms with E-state index in [9.17, 15) is 0 Å². The molecule has 0 spiro atoms. The molecule has 1 atom stereocenters. The van der Waals surface area contributed by atoms with Crippen LogP contribution in [0.2, 0.25) is 0 Å². The van der Waals surface area contributed by atoms with Crippen molar-refractivity contribution < 1.29 is 0 Å². The summed E-state index contributed by atoms with van der Waals surface area (Å²) >= 11 is 0. The van der Waals surface area contributed by atoms with Crippen molar-refractivity contribution >= 4 is 27.8 Å². The number of anilines is 3. The minimum Gasteiger partial charge on any atom is -0.309 e. The lowest BCUT2D eigenvalue weighted by molar-refractivity contribution is 0.445. The Morgan fingerprint density at radius 3 is 1.80 bits per heavy atom. The molecule has 9 aromatic rings. The number of para-hydroxylation sites is 1. The Hall–Kier alpha value is -6.96. The third-order valence-corrected chi connectivity index (χ3v) is 14.7. The summed E-state index contributed by atoms with van der Waals surface area (Å²) in [5.41, 5.74) is 20.1. The van der Waals surface area contributed by atoms with Gasteiger partial charge in [0.1, 0.15) is 0 Å². The molecule has 0 heterocycles. The van der Waals surface area contributed by atoms with Crippen LogP contribution in [0.15, 0.2) is 206 Å². The molecule has 65 heavy (non-hydrogen) atoms. The SMILES string of the molecule is CC(C)(C)c1ccc(N(c2ccc(-c3cccc4c3-c3ccccc3C4(C)c3ccccc3)cc2)c2ccccc2-c2cccc3cccc(C4CCCCC4)c23)c(-c2ccccc2)c1. The van der Waals surface area contributed by atoms with Crippen molar-refractivity contribution in [3.8, 4) is 44.5 Å². The molecule has 9 aromatic carbocycles. The average Bonchev–Trinajstić information content (AvgIpc) is 3.63. The number of rotatable bonds is 8. The zero-order valence-electron chi connectivity index (χ0n) is 38.2. The first-order valence-electron chi connectivity index (χ1n) is 23.8. The molecule has 0 aromatic heterocycles. The van der Waals surface area contributed by atoms with Gasteiger partial charge in [0.05, 0.1) is 11.4 Å². The Bertz CT molecular complexity index is 3160. The first-order chi connectivity index (χ1) is 31.8. The summed E-state index contributed by atoms with van der Waals surface area (Å²) in [6.07, 6.45) is 6.48. The highest BCUT2D eigenvalue weighted by molar-refractivity contribution is 6.04. The number of hydrogen-bond donors (Lipinski definition) is 0. The van der Waals surface area contributed by atoms with Crippen LogP contribution in [0.4, 0.5) is 17.1 Å². The van der Waals surface area contributed by atoms with Crippen LogP contribution in [0.5, 0.6) is 0 Å². The fourth-order valence-electron chi connectivity index (χ4n) is 11.4. The van der Waals surface area contributed by atoms with Crippen LogP contribution in [0.25, 0.3) is 55.3 Å². The second-order valence-corrected chi connectivity index (χ2v) is 19.6. The Morgan fingerprint density at radius 2 is 1.05 bits per heavy atom. The van der Waals surface area contributed by atoms with Crippen molar-refractivity contribution in [1.82, 2.24) is 0 Å². The lowest BCUT2D eigenvalue weighted by Gasteiger charge is -2.32. The summed E-state index contributed by atoms with van der Waals surface area (Å²) in [5, 5.41) is 2.72. The van der Waals surface area contributed by atoms with Gasteiger partial charge in [0.2, 0.25) is 0 Å². The second-order valence-electron chi connectivity index (χ2n) is 19.6. The van der Waals surface area contributed by atoms with Gasteiger partial charge in [-0.05, 0) is 133 Å². The first kappa shape index (κ1) is 40.8. The highest BCUT2D eigenvalue weighted by Gasteiger charge is 2.41. The van der Waals surface area contributed by atoms with Gasteiger partial charge in [0.25, 0.3) is 0 Å². The molecular weight excluding hydrogens is 783 g/mol. The molecular formula is C64H57N. The largest absolute Gasteiger partial charge is 0.309 e. The predicted molar refractivity (Wildman–Crippen MR) is 277 cm³/mol. The molecule has 11 rings (SSSR count). The molecule has 2 aliphatic rings. The lowest BCUT2D eigenvalue weighted by Crippen LogP contribution is -2.22. The number of nitrogens with zero attached hydrogens (tertiary/aromatic N) is 1. The van der Waals surface area contributed by atoms with Gasteiger partial charge in [-0.3, -0.25) is 0 Å². The van der Waals surface area contributed by atoms with E-state index in [1.54, 1.807) is 0 Å². The summed E-state index contributed by atoms with van der Waals surface area (Å²) in [4.78, 5) is 2.53. The first-order valence-corrected chi connectivity index (χ1v) is 23.8. The van der Waals surface area contributed by atoms with Crippen molar-refractivity contribution in [2.24, 2.45) is 0 Å². The molecule has 0 radical (unpaired) electrons. The Balaban J connectivity index is 1.12. The molecule has 318 valence electrons. The van der Waals surface area contributed by atoms with Gasteiger partial charge in [-0.25, -0.2) is 0 Å². The van der Waals surface area contributed by atoms with Gasteiger partial charge in [0, 0.05) is 22.2 Å². The maximum Gasteiger partial charge on any atom is 0.0540 e. The van der Waals surface area contributed by atoms with Gasteiger partial charge in [0.15, 0.2) is 0 Å². The molecule has 1 nitrogen and oxygen atoms in total. The zero-order valence-corrected chi connectivity index (χ0v) is 38.2. The molecule has 1 fully saturated rings. The topological polar surface area (TPSA) is 3.24 Å². The van der Waals surface area contributed by atoms with Crippen LogP contribution in [0.1, 0.15) is 93.5 Å². The summed E-state index contributed by atoms with van der Waals surface area (Å²) in [6, 6.07) is 77.6. The van der Waals surface area contributed by atoms with Gasteiger partial charge in [-0.15, -0.1) is 0 Å². The van der Waals surface area contributed by atoms with Crippen LogP contribution in [0.3, 0.4) is 0 Å². The van der Waals surface area contributed by atoms with Crippen molar-refractivity contribution in [2.45, 2.75) is 76.5 Å². The van der Waals surface area contributed by atoms with E-state index < -0.39 is 0 Å². The molecule has 0 amide bonds. The monoisotopic (exact) mass is 839 g/mol. The maximum atomic E-state index is 2.53. The highest BCUT2D eigenvalue weighted by atomic mass is 15.1. The van der Waals surface area contributed by atoms with Gasteiger partial charge >= 0.3 is 0 Å². The molecule has 0 N–H and O–H groups in total. The number of benzene rings is 9. The minimum absolute atomic E-state index is 0.0178. The maximum absolute atomic E-state index is 2.53. The third kappa shape index (κ3) is 7.10. The Morgan fingerprint density at radius 1 is 0.462 bits per heavy atom. The summed E-state index contributed by atoms with van der Waals surface area (Å²) < 4.78 is 0. The normalized spacial score (nSPS) is 16.0. The van der Waals surface area contributed by atoms with Crippen molar-refractivity contribution in [1.29, 1.82) is 0 Å². The van der Waals surface area contributed by atoms with E-state index in [0.29, 0.717) is 5.92 Å². The number of hydrogen-bond acceptors (Lipinski definition) is 1. The molecule has 1 unspecified atom stereocenters. The summed E-state index contributed by atoms with van der Waals surface area (Å²) in [6.45, 7) is 9.34. The predicted octanol–water partition coefficient (Wildman–Crippen LogP) is 18.0. The van der Waals surface area contributed by atoms with Crippen LogP contribution < -0.4 is 4.90 Å². The van der Waals surface area contributed by atoms with Crippen LogP contribution in [0, 0.1) is 0 Å². The third-order valence-electron chi connectivity index (χ3n) is 14.7. The smallest absolute Gasteiger partial charge is 0.0540 e.